The molecule has 128 valence electrons. The molecule has 0 aliphatic heterocycles. The summed E-state index contributed by atoms with van der Waals surface area (Å²) in [5.41, 5.74) is 1.84. The summed E-state index contributed by atoms with van der Waals surface area (Å²) in [6.07, 6.45) is 0. The van der Waals surface area contributed by atoms with E-state index in [1.165, 1.54) is 24.1 Å². The van der Waals surface area contributed by atoms with Crippen LogP contribution in [0.1, 0.15) is 21.8 Å². The predicted molar refractivity (Wildman–Crippen MR) is 91.7 cm³/mol. The molecule has 1 aromatic heterocycles. The quantitative estimate of drug-likeness (QED) is 0.703. The standard InChI is InChI=1S/C18H15ClFN3O2/c1-11-4-3-5-12(8-11)17-21-16(25-22-17)10-23(2)18(24)14-7-6-13(19)9-15(14)20/h3-9H,10H2,1-2H3. The van der Waals surface area contributed by atoms with Crippen LogP contribution < -0.4 is 0 Å². The molecule has 0 N–H and O–H groups in total. The number of aryl methyl sites for hydroxylation is 1. The van der Waals surface area contributed by atoms with E-state index < -0.39 is 11.7 Å². The number of hydrogen-bond donors (Lipinski definition) is 0. The zero-order chi connectivity index (χ0) is 18.0. The number of halogens is 2. The Kier molecular flexibility index (Phi) is 4.81. The Labute approximate surface area is 149 Å². The van der Waals surface area contributed by atoms with Crippen LogP contribution in [0, 0.1) is 12.7 Å². The van der Waals surface area contributed by atoms with Crippen molar-refractivity contribution in [3.63, 3.8) is 0 Å². The van der Waals surface area contributed by atoms with Crippen LogP contribution in [0.5, 0.6) is 0 Å². The fourth-order valence-electron chi connectivity index (χ4n) is 2.36. The predicted octanol–water partition coefficient (Wildman–Crippen LogP) is 4.11. The number of rotatable bonds is 4. The molecule has 7 heteroatoms. The Bertz CT molecular complexity index is 926. The van der Waals surface area contributed by atoms with Gasteiger partial charge in [0, 0.05) is 17.6 Å². The van der Waals surface area contributed by atoms with Gasteiger partial charge < -0.3 is 9.42 Å². The van der Waals surface area contributed by atoms with Gasteiger partial charge in [0.1, 0.15) is 5.82 Å². The van der Waals surface area contributed by atoms with Crippen molar-refractivity contribution in [3.05, 3.63) is 70.3 Å². The van der Waals surface area contributed by atoms with Crippen molar-refractivity contribution in [1.82, 2.24) is 15.0 Å². The molecular weight excluding hydrogens is 345 g/mol. The maximum atomic E-state index is 13.9. The SMILES string of the molecule is Cc1cccc(-c2noc(CN(C)C(=O)c3ccc(Cl)cc3F)n2)c1. The van der Waals surface area contributed by atoms with E-state index in [-0.39, 0.29) is 23.0 Å². The smallest absolute Gasteiger partial charge is 0.257 e. The first-order chi connectivity index (χ1) is 11.9. The van der Waals surface area contributed by atoms with Crippen molar-refractivity contribution in [3.8, 4) is 11.4 Å². The summed E-state index contributed by atoms with van der Waals surface area (Å²) in [6, 6.07) is 11.6. The second-order valence-electron chi connectivity index (χ2n) is 5.67. The highest BCUT2D eigenvalue weighted by Gasteiger charge is 2.19. The molecule has 0 aliphatic carbocycles. The van der Waals surface area contributed by atoms with Crippen LogP contribution in [0.25, 0.3) is 11.4 Å². The van der Waals surface area contributed by atoms with E-state index in [4.69, 9.17) is 16.1 Å². The van der Waals surface area contributed by atoms with Gasteiger partial charge >= 0.3 is 0 Å². The highest BCUT2D eigenvalue weighted by atomic mass is 35.5. The van der Waals surface area contributed by atoms with Crippen molar-refractivity contribution in [1.29, 1.82) is 0 Å². The molecule has 2 aromatic carbocycles. The molecule has 0 spiro atoms. The second kappa shape index (κ2) is 7.03. The third-order valence-corrected chi connectivity index (χ3v) is 3.86. The van der Waals surface area contributed by atoms with Gasteiger partial charge in [-0.1, -0.05) is 40.5 Å². The van der Waals surface area contributed by atoms with Crippen molar-refractivity contribution in [2.45, 2.75) is 13.5 Å². The number of carbonyl (C=O) groups excluding carboxylic acids is 1. The van der Waals surface area contributed by atoms with E-state index >= 15 is 0 Å². The normalized spacial score (nSPS) is 10.7. The maximum Gasteiger partial charge on any atom is 0.257 e. The van der Waals surface area contributed by atoms with Crippen molar-refractivity contribution < 1.29 is 13.7 Å². The van der Waals surface area contributed by atoms with Crippen LogP contribution in [-0.4, -0.2) is 28.0 Å². The molecular formula is C18H15ClFN3O2. The molecule has 0 atom stereocenters. The number of amides is 1. The molecule has 3 rings (SSSR count). The Morgan fingerprint density at radius 1 is 1.28 bits per heavy atom. The average Bonchev–Trinajstić information content (AvgIpc) is 3.03. The summed E-state index contributed by atoms with van der Waals surface area (Å²) in [7, 11) is 1.53. The largest absolute Gasteiger partial charge is 0.337 e. The van der Waals surface area contributed by atoms with Gasteiger partial charge in [0.15, 0.2) is 0 Å². The molecule has 25 heavy (non-hydrogen) atoms. The lowest BCUT2D eigenvalue weighted by atomic mass is 10.1. The fraction of sp³-hybridized carbons (Fsp3) is 0.167. The molecule has 1 amide bonds. The Morgan fingerprint density at radius 3 is 2.80 bits per heavy atom. The lowest BCUT2D eigenvalue weighted by Crippen LogP contribution is -2.27. The Balaban J connectivity index is 1.75. The van der Waals surface area contributed by atoms with Crippen molar-refractivity contribution in [2.24, 2.45) is 0 Å². The first-order valence-electron chi connectivity index (χ1n) is 7.54. The van der Waals surface area contributed by atoms with E-state index in [1.807, 2.05) is 31.2 Å². The molecule has 0 saturated heterocycles. The molecule has 0 fully saturated rings. The van der Waals surface area contributed by atoms with E-state index in [0.29, 0.717) is 5.82 Å². The lowest BCUT2D eigenvalue weighted by molar-refractivity contribution is 0.0765. The Hall–Kier alpha value is -2.73. The number of benzene rings is 2. The van der Waals surface area contributed by atoms with E-state index in [0.717, 1.165) is 17.2 Å². The van der Waals surface area contributed by atoms with Gasteiger partial charge in [-0.05, 0) is 31.2 Å². The summed E-state index contributed by atoms with van der Waals surface area (Å²) in [5.74, 6) is -0.459. The first kappa shape index (κ1) is 17.1. The van der Waals surface area contributed by atoms with Gasteiger partial charge in [0.2, 0.25) is 11.7 Å². The highest BCUT2D eigenvalue weighted by molar-refractivity contribution is 6.30. The molecule has 0 saturated carbocycles. The van der Waals surface area contributed by atoms with E-state index in [1.54, 1.807) is 0 Å². The van der Waals surface area contributed by atoms with Crippen LogP contribution in [0.15, 0.2) is 47.0 Å². The minimum atomic E-state index is -0.671. The van der Waals surface area contributed by atoms with Gasteiger partial charge in [-0.3, -0.25) is 4.79 Å². The van der Waals surface area contributed by atoms with Crippen LogP contribution in [0.2, 0.25) is 5.02 Å². The van der Waals surface area contributed by atoms with E-state index in [2.05, 4.69) is 10.1 Å². The van der Waals surface area contributed by atoms with Gasteiger partial charge in [0.25, 0.3) is 5.91 Å². The third kappa shape index (κ3) is 3.85. The molecule has 0 aliphatic rings. The molecule has 5 nitrogen and oxygen atoms in total. The molecule has 0 radical (unpaired) electrons. The molecule has 0 unspecified atom stereocenters. The minimum Gasteiger partial charge on any atom is -0.337 e. The monoisotopic (exact) mass is 359 g/mol. The van der Waals surface area contributed by atoms with Gasteiger partial charge in [-0.25, -0.2) is 4.39 Å². The lowest BCUT2D eigenvalue weighted by Gasteiger charge is -2.15. The summed E-state index contributed by atoms with van der Waals surface area (Å²) >= 11 is 5.70. The number of carbonyl (C=O) groups is 1. The van der Waals surface area contributed by atoms with E-state index in [9.17, 15) is 9.18 Å². The molecule has 0 bridgehead atoms. The first-order valence-corrected chi connectivity index (χ1v) is 7.92. The zero-order valence-electron chi connectivity index (χ0n) is 13.7. The van der Waals surface area contributed by atoms with Crippen LogP contribution in [0.3, 0.4) is 0 Å². The van der Waals surface area contributed by atoms with Gasteiger partial charge in [-0.15, -0.1) is 0 Å². The van der Waals surface area contributed by atoms with Crippen LogP contribution in [0.4, 0.5) is 4.39 Å². The topological polar surface area (TPSA) is 59.2 Å². The minimum absolute atomic E-state index is 0.0645. The molecule has 1 heterocycles. The highest BCUT2D eigenvalue weighted by Crippen LogP contribution is 2.19. The van der Waals surface area contributed by atoms with Crippen molar-refractivity contribution in [2.75, 3.05) is 7.05 Å². The summed E-state index contributed by atoms with van der Waals surface area (Å²) in [5, 5.41) is 4.16. The Morgan fingerprint density at radius 2 is 2.08 bits per heavy atom. The maximum absolute atomic E-state index is 13.9. The van der Waals surface area contributed by atoms with Gasteiger partial charge in [0.05, 0.1) is 12.1 Å². The number of aromatic nitrogens is 2. The zero-order valence-corrected chi connectivity index (χ0v) is 14.4. The molecule has 3 aromatic rings. The summed E-state index contributed by atoms with van der Waals surface area (Å²) < 4.78 is 19.1. The third-order valence-electron chi connectivity index (χ3n) is 3.63. The number of nitrogens with zero attached hydrogens (tertiary/aromatic N) is 3. The van der Waals surface area contributed by atoms with Crippen molar-refractivity contribution >= 4 is 17.5 Å². The summed E-state index contributed by atoms with van der Waals surface area (Å²) in [4.78, 5) is 17.9. The van der Waals surface area contributed by atoms with Crippen LogP contribution >= 0.6 is 11.6 Å². The summed E-state index contributed by atoms with van der Waals surface area (Å²) in [6.45, 7) is 2.04. The van der Waals surface area contributed by atoms with Gasteiger partial charge in [-0.2, -0.15) is 4.98 Å². The fourth-order valence-corrected chi connectivity index (χ4v) is 2.52. The van der Waals surface area contributed by atoms with Crippen LogP contribution in [-0.2, 0) is 6.54 Å². The number of hydrogen-bond acceptors (Lipinski definition) is 4. The average molecular weight is 360 g/mol. The second-order valence-corrected chi connectivity index (χ2v) is 6.10.